The number of carbonyl (C=O) groups is 1. The molecule has 0 unspecified atom stereocenters. The lowest BCUT2D eigenvalue weighted by Gasteiger charge is -2.12. The van der Waals surface area contributed by atoms with E-state index in [1.54, 1.807) is 12.1 Å². The van der Waals surface area contributed by atoms with Crippen molar-refractivity contribution in [2.24, 2.45) is 5.11 Å². The van der Waals surface area contributed by atoms with Crippen LogP contribution in [0.25, 0.3) is 10.4 Å². The average molecular weight is 406 g/mol. The second-order valence-electron chi connectivity index (χ2n) is 5.71. The number of azide groups is 1. The van der Waals surface area contributed by atoms with Crippen molar-refractivity contribution in [1.82, 2.24) is 0 Å². The van der Waals surface area contributed by atoms with Gasteiger partial charge in [0.05, 0.1) is 0 Å². The van der Waals surface area contributed by atoms with Crippen molar-refractivity contribution in [2.75, 3.05) is 11.9 Å². The van der Waals surface area contributed by atoms with E-state index in [0.717, 1.165) is 5.56 Å². The van der Waals surface area contributed by atoms with Crippen LogP contribution < -0.4 is 9.50 Å². The van der Waals surface area contributed by atoms with Crippen LogP contribution in [0.15, 0.2) is 47.6 Å². The molecule has 0 fully saturated rings. The molecule has 0 aliphatic rings. The van der Waals surface area contributed by atoms with Crippen LogP contribution in [0.1, 0.15) is 16.7 Å². The van der Waals surface area contributed by atoms with Crippen LogP contribution in [0.3, 0.4) is 0 Å². The van der Waals surface area contributed by atoms with Gasteiger partial charge in [0.1, 0.15) is 12.4 Å². The number of aryl methyl sites for hydroxylation is 1. The highest BCUT2D eigenvalue weighted by Gasteiger charge is 2.12. The fraction of sp³-hybridized carbons (Fsp3) is 0.235. The molecule has 0 radical (unpaired) electrons. The monoisotopic (exact) mass is 406 g/mol. The minimum atomic E-state index is -4.67. The molecule has 0 spiro atoms. The van der Waals surface area contributed by atoms with Gasteiger partial charge in [-0.05, 0) is 54.3 Å². The molecule has 0 heterocycles. The zero-order valence-corrected chi connectivity index (χ0v) is 15.7. The first-order valence-corrected chi connectivity index (χ1v) is 9.43. The number of nitrogens with one attached hydrogen (secondary N) is 1. The maximum Gasteiger partial charge on any atom is 0.446 e. The fourth-order valence-corrected chi connectivity index (χ4v) is 2.65. The molecule has 2 rings (SSSR count). The number of benzene rings is 2. The summed E-state index contributed by atoms with van der Waals surface area (Å²) in [5, 5.41) is 6.01. The number of carbonyl (C=O) groups excluding carboxylic acids is 1. The Labute approximate surface area is 161 Å². The average Bonchev–Trinajstić information content (AvgIpc) is 2.62. The van der Waals surface area contributed by atoms with E-state index >= 15 is 0 Å². The molecular weight excluding hydrogens is 388 g/mol. The second-order valence-corrected chi connectivity index (χ2v) is 6.74. The Hall–Kier alpha value is -3.27. The van der Waals surface area contributed by atoms with Crippen LogP contribution in [-0.4, -0.2) is 25.6 Å². The van der Waals surface area contributed by atoms with Crippen molar-refractivity contribution in [3.63, 3.8) is 0 Å². The molecule has 2 N–H and O–H groups in total. The highest BCUT2D eigenvalue weighted by Crippen LogP contribution is 2.21. The van der Waals surface area contributed by atoms with E-state index in [-0.39, 0.29) is 25.3 Å². The van der Waals surface area contributed by atoms with E-state index in [1.807, 2.05) is 19.1 Å². The van der Waals surface area contributed by atoms with Gasteiger partial charge in [0.2, 0.25) is 0 Å². The summed E-state index contributed by atoms with van der Waals surface area (Å²) in [7, 11) is -4.67. The Bertz CT molecular complexity index is 985. The minimum absolute atomic E-state index is 0.102. The first kappa shape index (κ1) is 21.0. The number of hydrogen-bond acceptors (Lipinski definition) is 6. The number of ether oxygens (including phenoxy) is 1. The second kappa shape index (κ2) is 9.60. The summed E-state index contributed by atoms with van der Waals surface area (Å²) >= 11 is 0. The molecule has 148 valence electrons. The third-order valence-electron chi connectivity index (χ3n) is 3.58. The molecule has 0 atom stereocenters. The molecule has 0 bridgehead atoms. The van der Waals surface area contributed by atoms with Gasteiger partial charge in [0, 0.05) is 17.1 Å². The van der Waals surface area contributed by atoms with E-state index in [1.165, 1.54) is 18.2 Å². The Morgan fingerprint density at radius 3 is 2.57 bits per heavy atom. The van der Waals surface area contributed by atoms with Gasteiger partial charge in [0.15, 0.2) is 0 Å². The SMILES string of the molecule is Cc1ccc(NC(=O)OCc2ccc(OS(=O)(=O)O)cc2CCN=[N+]=[N-])cc1. The summed E-state index contributed by atoms with van der Waals surface area (Å²) in [6.45, 7) is 1.93. The van der Waals surface area contributed by atoms with Crippen LogP contribution in [0.4, 0.5) is 10.5 Å². The van der Waals surface area contributed by atoms with Gasteiger partial charge in [0.25, 0.3) is 0 Å². The van der Waals surface area contributed by atoms with Gasteiger partial charge in [-0.2, -0.15) is 8.42 Å². The van der Waals surface area contributed by atoms with E-state index < -0.39 is 16.5 Å². The lowest BCUT2D eigenvalue weighted by atomic mass is 10.0. The Morgan fingerprint density at radius 1 is 1.21 bits per heavy atom. The van der Waals surface area contributed by atoms with Gasteiger partial charge < -0.3 is 8.92 Å². The fourth-order valence-electron chi connectivity index (χ4n) is 2.30. The number of hydrogen-bond donors (Lipinski definition) is 2. The number of anilines is 1. The standard InChI is InChI=1S/C17H18N4O6S/c1-12-2-5-15(6-3-12)20-17(22)26-11-14-4-7-16(27-28(23,24)25)10-13(14)8-9-19-21-18/h2-7,10H,8-9,11H2,1H3,(H,20,22)(H,23,24,25). The van der Waals surface area contributed by atoms with Crippen LogP contribution in [0.2, 0.25) is 0 Å². The Morgan fingerprint density at radius 2 is 1.93 bits per heavy atom. The van der Waals surface area contributed by atoms with Gasteiger partial charge in [-0.3, -0.25) is 9.87 Å². The largest absolute Gasteiger partial charge is 0.446 e. The quantitative estimate of drug-likeness (QED) is 0.295. The molecule has 0 aliphatic carbocycles. The number of amides is 1. The summed E-state index contributed by atoms with van der Waals surface area (Å²) < 4.78 is 40.1. The molecule has 0 saturated carbocycles. The highest BCUT2D eigenvalue weighted by atomic mass is 32.3. The topological polar surface area (TPSA) is 151 Å². The van der Waals surface area contributed by atoms with Crippen LogP contribution in [-0.2, 0) is 28.2 Å². The molecule has 0 aliphatic heterocycles. The molecule has 0 aromatic heterocycles. The van der Waals surface area contributed by atoms with Crippen LogP contribution >= 0.6 is 0 Å². The molecule has 28 heavy (non-hydrogen) atoms. The summed E-state index contributed by atoms with van der Waals surface area (Å²) in [6.07, 6.45) is -0.409. The normalized spacial score (nSPS) is 10.6. The molecule has 2 aromatic rings. The molecule has 11 heteroatoms. The first-order valence-electron chi connectivity index (χ1n) is 8.07. The van der Waals surface area contributed by atoms with Crippen molar-refractivity contribution in [2.45, 2.75) is 20.0 Å². The van der Waals surface area contributed by atoms with Crippen molar-refractivity contribution < 1.29 is 26.7 Å². The molecule has 0 saturated heterocycles. The molecular formula is C17H18N4O6S. The Balaban J connectivity index is 2.07. The van der Waals surface area contributed by atoms with E-state index in [4.69, 9.17) is 14.8 Å². The van der Waals surface area contributed by atoms with E-state index in [2.05, 4.69) is 19.5 Å². The molecule has 10 nitrogen and oxygen atoms in total. The highest BCUT2D eigenvalue weighted by molar-refractivity contribution is 7.81. The van der Waals surface area contributed by atoms with Gasteiger partial charge in [-0.25, -0.2) is 4.79 Å². The first-order chi connectivity index (χ1) is 13.3. The zero-order valence-electron chi connectivity index (χ0n) is 14.9. The molecule has 2 aromatic carbocycles. The molecule has 1 amide bonds. The minimum Gasteiger partial charge on any atom is -0.444 e. The Kier molecular flexibility index (Phi) is 7.21. The van der Waals surface area contributed by atoms with E-state index in [0.29, 0.717) is 16.8 Å². The third kappa shape index (κ3) is 7.16. The number of rotatable bonds is 8. The lowest BCUT2D eigenvalue weighted by molar-refractivity contribution is 0.155. The van der Waals surface area contributed by atoms with Crippen molar-refractivity contribution in [3.8, 4) is 5.75 Å². The summed E-state index contributed by atoms with van der Waals surface area (Å²) in [5.41, 5.74) is 11.1. The van der Waals surface area contributed by atoms with Crippen molar-refractivity contribution >= 4 is 22.2 Å². The third-order valence-corrected chi connectivity index (χ3v) is 3.98. The summed E-state index contributed by atoms with van der Waals surface area (Å²) in [4.78, 5) is 14.6. The maximum absolute atomic E-state index is 12.0. The smallest absolute Gasteiger partial charge is 0.444 e. The lowest BCUT2D eigenvalue weighted by Crippen LogP contribution is -2.14. The summed E-state index contributed by atoms with van der Waals surface area (Å²) in [6, 6.07) is 11.3. The predicted molar refractivity (Wildman–Crippen MR) is 101 cm³/mol. The zero-order chi connectivity index (χ0) is 20.6. The van der Waals surface area contributed by atoms with E-state index in [9.17, 15) is 13.2 Å². The van der Waals surface area contributed by atoms with Gasteiger partial charge >= 0.3 is 16.5 Å². The summed E-state index contributed by atoms with van der Waals surface area (Å²) in [5.74, 6) is -0.119. The van der Waals surface area contributed by atoms with Crippen molar-refractivity contribution in [1.29, 1.82) is 0 Å². The van der Waals surface area contributed by atoms with Crippen LogP contribution in [0.5, 0.6) is 5.75 Å². The van der Waals surface area contributed by atoms with Crippen molar-refractivity contribution in [3.05, 3.63) is 69.6 Å². The van der Waals surface area contributed by atoms with Gasteiger partial charge in [-0.15, -0.1) is 0 Å². The van der Waals surface area contributed by atoms with Crippen LogP contribution in [0, 0.1) is 6.92 Å². The number of nitrogens with zero attached hydrogens (tertiary/aromatic N) is 3. The maximum atomic E-state index is 12.0. The van der Waals surface area contributed by atoms with Gasteiger partial charge in [-0.1, -0.05) is 28.9 Å². The predicted octanol–water partition coefficient (Wildman–Crippen LogP) is 3.78.